The van der Waals surface area contributed by atoms with Gasteiger partial charge >= 0.3 is 0 Å². The minimum atomic E-state index is 0.699. The standard InChI is InChI=1S/C11H21N/c1-10(2)9-12-8-4-7-11(12)5-3-6-11/h10H,3-9H2,1-2H3. The molecule has 0 bridgehead atoms. The lowest BCUT2D eigenvalue weighted by Crippen LogP contribution is -2.50. The Morgan fingerprint density at radius 3 is 2.33 bits per heavy atom. The summed E-state index contributed by atoms with van der Waals surface area (Å²) in [5.41, 5.74) is 0.699. The molecule has 12 heavy (non-hydrogen) atoms. The summed E-state index contributed by atoms with van der Waals surface area (Å²) < 4.78 is 0. The predicted octanol–water partition coefficient (Wildman–Crippen LogP) is 2.66. The van der Waals surface area contributed by atoms with E-state index in [1.807, 2.05) is 0 Å². The third-order valence-corrected chi connectivity index (χ3v) is 3.61. The van der Waals surface area contributed by atoms with Crippen LogP contribution in [-0.4, -0.2) is 23.5 Å². The molecule has 0 amide bonds. The minimum Gasteiger partial charge on any atom is -0.297 e. The van der Waals surface area contributed by atoms with Crippen molar-refractivity contribution in [1.82, 2.24) is 4.90 Å². The van der Waals surface area contributed by atoms with Crippen LogP contribution in [0.3, 0.4) is 0 Å². The maximum atomic E-state index is 2.77. The van der Waals surface area contributed by atoms with Crippen LogP contribution in [0.2, 0.25) is 0 Å². The molecule has 0 unspecified atom stereocenters. The fraction of sp³-hybridized carbons (Fsp3) is 1.00. The van der Waals surface area contributed by atoms with E-state index in [0.717, 1.165) is 5.92 Å². The molecule has 1 aliphatic heterocycles. The molecule has 0 N–H and O–H groups in total. The average molecular weight is 167 g/mol. The molecule has 70 valence electrons. The zero-order valence-electron chi connectivity index (χ0n) is 8.47. The normalized spacial score (nSPS) is 28.2. The lowest BCUT2D eigenvalue weighted by molar-refractivity contribution is 0.0468. The molecule has 1 aliphatic carbocycles. The Morgan fingerprint density at radius 1 is 1.17 bits per heavy atom. The second-order valence-electron chi connectivity index (χ2n) is 5.02. The van der Waals surface area contributed by atoms with Crippen molar-refractivity contribution in [1.29, 1.82) is 0 Å². The van der Waals surface area contributed by atoms with Crippen LogP contribution in [0.4, 0.5) is 0 Å². The number of likely N-dealkylation sites (tertiary alicyclic amines) is 1. The van der Waals surface area contributed by atoms with Crippen molar-refractivity contribution in [3.63, 3.8) is 0 Å². The molecule has 0 aromatic heterocycles. The third kappa shape index (κ3) is 1.28. The molecule has 0 atom stereocenters. The van der Waals surface area contributed by atoms with Crippen LogP contribution in [0.1, 0.15) is 46.0 Å². The maximum Gasteiger partial charge on any atom is 0.0210 e. The molecule has 1 saturated heterocycles. The molecular formula is C11H21N. The molecular weight excluding hydrogens is 146 g/mol. The molecule has 2 fully saturated rings. The highest BCUT2D eigenvalue weighted by molar-refractivity contribution is 5.01. The van der Waals surface area contributed by atoms with E-state index in [0.29, 0.717) is 5.54 Å². The van der Waals surface area contributed by atoms with Gasteiger partial charge in [-0.15, -0.1) is 0 Å². The van der Waals surface area contributed by atoms with Crippen molar-refractivity contribution in [2.45, 2.75) is 51.5 Å². The number of hydrogen-bond donors (Lipinski definition) is 0. The second-order valence-corrected chi connectivity index (χ2v) is 5.02. The smallest absolute Gasteiger partial charge is 0.0210 e. The van der Waals surface area contributed by atoms with Gasteiger partial charge in [0.25, 0.3) is 0 Å². The van der Waals surface area contributed by atoms with E-state index in [-0.39, 0.29) is 0 Å². The SMILES string of the molecule is CC(C)CN1CCCC12CCC2. The van der Waals surface area contributed by atoms with Gasteiger partial charge in [-0.25, -0.2) is 0 Å². The molecule has 1 heterocycles. The number of nitrogens with zero attached hydrogens (tertiary/aromatic N) is 1. The van der Waals surface area contributed by atoms with Crippen LogP contribution in [0.5, 0.6) is 0 Å². The molecule has 0 aromatic rings. The quantitative estimate of drug-likeness (QED) is 0.611. The van der Waals surface area contributed by atoms with Crippen LogP contribution < -0.4 is 0 Å². The molecule has 0 aromatic carbocycles. The fourth-order valence-electron chi connectivity index (χ4n) is 2.87. The Morgan fingerprint density at radius 2 is 1.83 bits per heavy atom. The largest absolute Gasteiger partial charge is 0.297 e. The van der Waals surface area contributed by atoms with Gasteiger partial charge in [-0.2, -0.15) is 0 Å². The molecule has 2 aliphatic rings. The van der Waals surface area contributed by atoms with E-state index in [4.69, 9.17) is 0 Å². The van der Waals surface area contributed by atoms with E-state index in [9.17, 15) is 0 Å². The van der Waals surface area contributed by atoms with Gasteiger partial charge in [0.15, 0.2) is 0 Å². The van der Waals surface area contributed by atoms with E-state index in [1.165, 1.54) is 45.2 Å². The molecule has 1 heteroatoms. The maximum absolute atomic E-state index is 2.77. The van der Waals surface area contributed by atoms with Gasteiger partial charge < -0.3 is 0 Å². The summed E-state index contributed by atoms with van der Waals surface area (Å²) in [7, 11) is 0. The van der Waals surface area contributed by atoms with Gasteiger partial charge in [-0.1, -0.05) is 13.8 Å². The zero-order valence-corrected chi connectivity index (χ0v) is 8.47. The number of hydrogen-bond acceptors (Lipinski definition) is 1. The third-order valence-electron chi connectivity index (χ3n) is 3.61. The monoisotopic (exact) mass is 167 g/mol. The van der Waals surface area contributed by atoms with Gasteiger partial charge in [-0.05, 0) is 44.6 Å². The van der Waals surface area contributed by atoms with Crippen LogP contribution in [-0.2, 0) is 0 Å². The summed E-state index contributed by atoms with van der Waals surface area (Å²) in [4.78, 5) is 2.77. The molecule has 1 nitrogen and oxygen atoms in total. The zero-order chi connectivity index (χ0) is 8.60. The Labute approximate surface area is 76.1 Å². The van der Waals surface area contributed by atoms with Crippen molar-refractivity contribution in [2.24, 2.45) is 5.92 Å². The molecule has 0 radical (unpaired) electrons. The minimum absolute atomic E-state index is 0.699. The summed E-state index contributed by atoms with van der Waals surface area (Å²) in [6.07, 6.45) is 7.39. The van der Waals surface area contributed by atoms with E-state index in [1.54, 1.807) is 0 Å². The lowest BCUT2D eigenvalue weighted by atomic mass is 9.74. The predicted molar refractivity (Wildman–Crippen MR) is 52.2 cm³/mol. The van der Waals surface area contributed by atoms with E-state index >= 15 is 0 Å². The molecule has 2 rings (SSSR count). The van der Waals surface area contributed by atoms with Crippen molar-refractivity contribution in [3.8, 4) is 0 Å². The van der Waals surface area contributed by atoms with Crippen LogP contribution >= 0.6 is 0 Å². The first-order valence-electron chi connectivity index (χ1n) is 5.48. The van der Waals surface area contributed by atoms with Crippen molar-refractivity contribution >= 4 is 0 Å². The van der Waals surface area contributed by atoms with Crippen LogP contribution in [0.15, 0.2) is 0 Å². The average Bonchev–Trinajstić information content (AvgIpc) is 2.28. The van der Waals surface area contributed by atoms with E-state index < -0.39 is 0 Å². The van der Waals surface area contributed by atoms with Gasteiger partial charge in [-0.3, -0.25) is 4.90 Å². The van der Waals surface area contributed by atoms with Gasteiger partial charge in [0, 0.05) is 12.1 Å². The summed E-state index contributed by atoms with van der Waals surface area (Å²) >= 11 is 0. The summed E-state index contributed by atoms with van der Waals surface area (Å²) in [5.74, 6) is 0.848. The highest BCUT2D eigenvalue weighted by Crippen LogP contribution is 2.45. The highest BCUT2D eigenvalue weighted by Gasteiger charge is 2.45. The first-order valence-corrected chi connectivity index (χ1v) is 5.48. The Kier molecular flexibility index (Phi) is 2.16. The van der Waals surface area contributed by atoms with Crippen molar-refractivity contribution < 1.29 is 0 Å². The lowest BCUT2D eigenvalue weighted by Gasteiger charge is -2.46. The summed E-state index contributed by atoms with van der Waals surface area (Å²) in [6, 6.07) is 0. The van der Waals surface area contributed by atoms with Gasteiger partial charge in [0.2, 0.25) is 0 Å². The topological polar surface area (TPSA) is 3.24 Å². The number of rotatable bonds is 2. The fourth-order valence-corrected chi connectivity index (χ4v) is 2.87. The Balaban J connectivity index is 1.95. The van der Waals surface area contributed by atoms with Gasteiger partial charge in [0.1, 0.15) is 0 Å². The first-order chi connectivity index (χ1) is 5.73. The highest BCUT2D eigenvalue weighted by atomic mass is 15.2. The van der Waals surface area contributed by atoms with Crippen LogP contribution in [0.25, 0.3) is 0 Å². The van der Waals surface area contributed by atoms with Crippen molar-refractivity contribution in [3.05, 3.63) is 0 Å². The Hall–Kier alpha value is -0.0400. The molecule has 1 saturated carbocycles. The van der Waals surface area contributed by atoms with Crippen molar-refractivity contribution in [2.75, 3.05) is 13.1 Å². The summed E-state index contributed by atoms with van der Waals surface area (Å²) in [5, 5.41) is 0. The second kappa shape index (κ2) is 3.02. The summed E-state index contributed by atoms with van der Waals surface area (Å²) in [6.45, 7) is 7.38. The van der Waals surface area contributed by atoms with E-state index in [2.05, 4.69) is 18.7 Å². The first kappa shape index (κ1) is 8.55. The van der Waals surface area contributed by atoms with Gasteiger partial charge in [0.05, 0.1) is 0 Å². The molecule has 1 spiro atoms. The Bertz CT molecular complexity index is 158. The van der Waals surface area contributed by atoms with Crippen LogP contribution in [0, 0.1) is 5.92 Å².